The van der Waals surface area contributed by atoms with Gasteiger partial charge in [0, 0.05) is 64.8 Å². The quantitative estimate of drug-likeness (QED) is 0.668. The molecule has 3 aliphatic heterocycles. The van der Waals surface area contributed by atoms with E-state index in [1.807, 2.05) is 24.2 Å². The highest BCUT2D eigenvalue weighted by atomic mass is 16.6. The largest absolute Gasteiger partial charge is 0.442 e. The number of carbonyl (C=O) groups excluding carboxylic acids is 1. The van der Waals surface area contributed by atoms with E-state index >= 15 is 0 Å². The van der Waals surface area contributed by atoms with Crippen molar-refractivity contribution in [3.05, 3.63) is 18.2 Å². The molecular weight excluding hydrogens is 346 g/mol. The first kappa shape index (κ1) is 18.7. The third-order valence-electron chi connectivity index (χ3n) is 5.97. The van der Waals surface area contributed by atoms with Gasteiger partial charge in [0.1, 0.15) is 11.9 Å². The van der Waals surface area contributed by atoms with Gasteiger partial charge in [-0.3, -0.25) is 9.80 Å². The summed E-state index contributed by atoms with van der Waals surface area (Å²) in [7, 11) is 0. The molecule has 0 unspecified atom stereocenters. The average Bonchev–Trinajstić information content (AvgIpc) is 3.33. The van der Waals surface area contributed by atoms with Gasteiger partial charge in [-0.15, -0.1) is 0 Å². The smallest absolute Gasteiger partial charge is 0.410 e. The molecule has 3 saturated heterocycles. The van der Waals surface area contributed by atoms with Gasteiger partial charge in [0.2, 0.25) is 0 Å². The summed E-state index contributed by atoms with van der Waals surface area (Å²) in [5.41, 5.74) is 0. The van der Waals surface area contributed by atoms with Gasteiger partial charge in [-0.05, 0) is 19.8 Å². The van der Waals surface area contributed by atoms with Crippen LogP contribution in [0.5, 0.6) is 0 Å². The highest BCUT2D eigenvalue weighted by molar-refractivity contribution is 5.71. The van der Waals surface area contributed by atoms with Crippen molar-refractivity contribution in [1.82, 2.24) is 24.3 Å². The molecule has 0 N–H and O–H groups in total. The number of imidazole rings is 1. The van der Waals surface area contributed by atoms with E-state index in [0.29, 0.717) is 0 Å². The number of rotatable bonds is 8. The van der Waals surface area contributed by atoms with Crippen LogP contribution in [-0.4, -0.2) is 102 Å². The number of hydrogen-bond donors (Lipinski definition) is 0. The van der Waals surface area contributed by atoms with Crippen molar-refractivity contribution >= 4 is 6.09 Å². The minimum atomic E-state index is -0.124. The molecule has 8 nitrogen and oxygen atoms in total. The molecule has 2 atom stereocenters. The fourth-order valence-corrected chi connectivity index (χ4v) is 4.41. The normalized spacial score (nSPS) is 26.6. The van der Waals surface area contributed by atoms with E-state index in [-0.39, 0.29) is 18.2 Å². The molecule has 150 valence electrons. The van der Waals surface area contributed by atoms with Crippen molar-refractivity contribution in [3.63, 3.8) is 0 Å². The lowest BCUT2D eigenvalue weighted by atomic mass is 10.2. The predicted molar refractivity (Wildman–Crippen MR) is 101 cm³/mol. The molecule has 1 aromatic heterocycles. The van der Waals surface area contributed by atoms with E-state index in [9.17, 15) is 4.79 Å². The second-order valence-corrected chi connectivity index (χ2v) is 7.77. The highest BCUT2D eigenvalue weighted by Gasteiger charge is 2.47. The molecule has 0 bridgehead atoms. The van der Waals surface area contributed by atoms with Crippen LogP contribution in [-0.2, 0) is 16.0 Å². The number of hydrogen-bond acceptors (Lipinski definition) is 6. The lowest BCUT2D eigenvalue weighted by Gasteiger charge is -2.28. The van der Waals surface area contributed by atoms with Crippen LogP contribution in [0, 0.1) is 6.92 Å². The molecule has 0 saturated carbocycles. The van der Waals surface area contributed by atoms with E-state index < -0.39 is 0 Å². The summed E-state index contributed by atoms with van der Waals surface area (Å²) < 4.78 is 13.2. The maximum atomic E-state index is 12.2. The van der Waals surface area contributed by atoms with Gasteiger partial charge in [0.15, 0.2) is 0 Å². The zero-order chi connectivity index (χ0) is 18.6. The number of fused-ring (bicyclic) bond motifs is 1. The molecule has 3 aliphatic rings. The molecule has 27 heavy (non-hydrogen) atoms. The number of aromatic nitrogens is 2. The Bertz CT molecular complexity index is 631. The zero-order valence-corrected chi connectivity index (χ0v) is 16.3. The lowest BCUT2D eigenvalue weighted by Crippen LogP contribution is -2.41. The van der Waals surface area contributed by atoms with Crippen LogP contribution >= 0.6 is 0 Å². The van der Waals surface area contributed by atoms with Crippen molar-refractivity contribution in [2.75, 3.05) is 59.0 Å². The summed E-state index contributed by atoms with van der Waals surface area (Å²) in [4.78, 5) is 23.3. The van der Waals surface area contributed by atoms with Crippen LogP contribution < -0.4 is 0 Å². The van der Waals surface area contributed by atoms with Gasteiger partial charge in [0.05, 0.1) is 19.3 Å². The van der Waals surface area contributed by atoms with Gasteiger partial charge in [-0.1, -0.05) is 0 Å². The van der Waals surface area contributed by atoms with Crippen molar-refractivity contribution in [2.24, 2.45) is 0 Å². The third-order valence-corrected chi connectivity index (χ3v) is 5.97. The molecule has 1 aromatic rings. The molecular formula is C19H31N5O3. The molecule has 4 rings (SSSR count). The van der Waals surface area contributed by atoms with Crippen LogP contribution in [0.3, 0.4) is 0 Å². The summed E-state index contributed by atoms with van der Waals surface area (Å²) in [6.07, 6.45) is 5.88. The molecule has 1 amide bonds. The Morgan fingerprint density at radius 1 is 1.07 bits per heavy atom. The summed E-state index contributed by atoms with van der Waals surface area (Å²) in [5, 5.41) is 0. The van der Waals surface area contributed by atoms with Crippen LogP contribution in [0.4, 0.5) is 4.79 Å². The first-order valence-electron chi connectivity index (χ1n) is 10.2. The molecule has 0 aromatic carbocycles. The topological polar surface area (TPSA) is 63.1 Å². The molecule has 0 aliphatic carbocycles. The Balaban J connectivity index is 1.20. The predicted octanol–water partition coefficient (Wildman–Crippen LogP) is 0.809. The number of nitrogens with zero attached hydrogens (tertiary/aromatic N) is 5. The Morgan fingerprint density at radius 3 is 2.63 bits per heavy atom. The number of amides is 1. The fraction of sp³-hybridized carbons (Fsp3) is 0.789. The summed E-state index contributed by atoms with van der Waals surface area (Å²) in [5.74, 6) is 1.06. The Labute approximate surface area is 161 Å². The first-order chi connectivity index (χ1) is 13.2. The van der Waals surface area contributed by atoms with Crippen molar-refractivity contribution in [1.29, 1.82) is 0 Å². The molecule has 0 spiro atoms. The SMILES string of the molecule is Cc1nccn1CCCN1C[C@H]2OC(=O)N(CCCN3CCOCC3)[C@H]2C1. The van der Waals surface area contributed by atoms with Crippen molar-refractivity contribution in [3.8, 4) is 0 Å². The summed E-state index contributed by atoms with van der Waals surface area (Å²) in [6, 6.07) is 0.220. The minimum Gasteiger partial charge on any atom is -0.442 e. The van der Waals surface area contributed by atoms with Gasteiger partial charge in [-0.2, -0.15) is 0 Å². The Hall–Kier alpha value is -1.64. The molecule has 8 heteroatoms. The van der Waals surface area contributed by atoms with Gasteiger partial charge >= 0.3 is 6.09 Å². The Kier molecular flexibility index (Phi) is 5.95. The van der Waals surface area contributed by atoms with Crippen LogP contribution in [0.25, 0.3) is 0 Å². The summed E-state index contributed by atoms with van der Waals surface area (Å²) >= 11 is 0. The van der Waals surface area contributed by atoms with Gasteiger partial charge in [0.25, 0.3) is 0 Å². The maximum absolute atomic E-state index is 12.2. The monoisotopic (exact) mass is 377 g/mol. The fourth-order valence-electron chi connectivity index (χ4n) is 4.41. The zero-order valence-electron chi connectivity index (χ0n) is 16.3. The second-order valence-electron chi connectivity index (χ2n) is 7.77. The van der Waals surface area contributed by atoms with Gasteiger partial charge in [-0.25, -0.2) is 9.78 Å². The average molecular weight is 377 g/mol. The molecule has 3 fully saturated rings. The number of morpholine rings is 1. The van der Waals surface area contributed by atoms with Crippen LogP contribution in [0.1, 0.15) is 18.7 Å². The van der Waals surface area contributed by atoms with E-state index in [1.54, 1.807) is 0 Å². The molecule has 4 heterocycles. The number of aryl methyl sites for hydroxylation is 2. The van der Waals surface area contributed by atoms with Crippen molar-refractivity contribution < 1.29 is 14.3 Å². The van der Waals surface area contributed by atoms with E-state index in [0.717, 1.165) is 84.2 Å². The van der Waals surface area contributed by atoms with E-state index in [4.69, 9.17) is 9.47 Å². The Morgan fingerprint density at radius 2 is 1.85 bits per heavy atom. The maximum Gasteiger partial charge on any atom is 0.410 e. The minimum absolute atomic E-state index is 0.0378. The van der Waals surface area contributed by atoms with E-state index in [1.165, 1.54) is 0 Å². The lowest BCUT2D eigenvalue weighted by molar-refractivity contribution is 0.0362. The number of carbonyl (C=O) groups is 1. The van der Waals surface area contributed by atoms with Crippen LogP contribution in [0.2, 0.25) is 0 Å². The molecule has 0 radical (unpaired) electrons. The second kappa shape index (κ2) is 8.58. The summed E-state index contributed by atoms with van der Waals surface area (Å²) in [6.45, 7) is 11.3. The first-order valence-corrected chi connectivity index (χ1v) is 10.2. The third kappa shape index (κ3) is 4.44. The number of likely N-dealkylation sites (tertiary alicyclic amines) is 1. The van der Waals surface area contributed by atoms with Crippen molar-refractivity contribution in [2.45, 2.75) is 38.5 Å². The van der Waals surface area contributed by atoms with Gasteiger partial charge < -0.3 is 18.9 Å². The number of ether oxygens (including phenoxy) is 2. The van der Waals surface area contributed by atoms with E-state index in [2.05, 4.69) is 19.4 Å². The highest BCUT2D eigenvalue weighted by Crippen LogP contribution is 2.27. The van der Waals surface area contributed by atoms with Crippen LogP contribution in [0.15, 0.2) is 12.4 Å². The standard InChI is InChI=1S/C19H31N5O3/c1-16-20-4-9-23(16)7-2-6-22-14-17-18(15-22)27-19(25)24(17)8-3-5-21-10-12-26-13-11-21/h4,9,17-18H,2-3,5-8,10-15H2,1H3/t17-,18+/m0/s1.